The molecule has 0 heterocycles. The molecule has 464 valence electrons. The number of nitrogens with zero attached hydrogens (tertiary/aromatic N) is 1. The molecule has 2 N–H and O–H groups in total. The Morgan fingerprint density at radius 2 is 0.772 bits per heavy atom. The number of phosphoric ester groups is 1. The molecule has 0 saturated heterocycles. The quantitative estimate of drug-likeness (QED) is 0.0205. The van der Waals surface area contributed by atoms with Gasteiger partial charge in [0.05, 0.1) is 33.8 Å². The van der Waals surface area contributed by atoms with Crippen LogP contribution in [0.3, 0.4) is 0 Å². The van der Waals surface area contributed by atoms with Crippen LogP contribution in [-0.4, -0.2) is 74.3 Å². The molecule has 0 aliphatic carbocycles. The number of carbonyl (C=O) groups excluding carboxylic acids is 2. The van der Waals surface area contributed by atoms with Gasteiger partial charge >= 0.3 is 13.8 Å². The van der Waals surface area contributed by atoms with Gasteiger partial charge < -0.3 is 19.4 Å². The third kappa shape index (κ3) is 60.4. The van der Waals surface area contributed by atoms with Crippen LogP contribution in [0.15, 0.2) is 48.6 Å². The molecule has 0 aliphatic rings. The Hall–Kier alpha value is -2.03. The summed E-state index contributed by atoms with van der Waals surface area (Å²) in [6, 6.07) is -0.850. The number of quaternary nitrogens is 1. The summed E-state index contributed by atoms with van der Waals surface area (Å²) in [5.74, 6) is -0.498. The van der Waals surface area contributed by atoms with Gasteiger partial charge in [0.1, 0.15) is 19.3 Å². The van der Waals surface area contributed by atoms with Gasteiger partial charge in [-0.1, -0.05) is 275 Å². The van der Waals surface area contributed by atoms with Crippen LogP contribution in [-0.2, 0) is 27.9 Å². The molecule has 0 saturated carbocycles. The fraction of sp³-hybridized carbons (Fsp3) is 0.855. The number of allylic oxidation sites excluding steroid dienone is 7. The van der Waals surface area contributed by atoms with Crippen LogP contribution in [0.4, 0.5) is 0 Å². The van der Waals surface area contributed by atoms with E-state index < -0.39 is 20.0 Å². The fourth-order valence-corrected chi connectivity index (χ4v) is 10.7. The molecule has 9 nitrogen and oxygen atoms in total. The second-order valence-corrected chi connectivity index (χ2v) is 25.8. The molecule has 0 spiro atoms. The van der Waals surface area contributed by atoms with E-state index in [4.69, 9.17) is 13.8 Å². The van der Waals surface area contributed by atoms with E-state index in [0.29, 0.717) is 17.4 Å². The standard InChI is InChI=1S/C69H131N2O7P/c1-7-10-13-16-19-22-25-28-30-32-33-34-35-36-37-39-40-43-46-49-52-55-58-61-68(72)70-66(65-77-79(74,75)76-64-63-71(4,5)6)67(60-57-54-51-48-45-42-27-24-21-18-15-12-9-3)78-69(73)62-59-56-53-50-47-44-41-38-31-29-26-23-20-17-14-11-8-2/h19,22,28-31,57,60,66-67H,7-18,20-21,23-27,32-56,58-59,61-65H2,1-6H3,(H-,70,72,74,75)/p+1/b22-19-,30-28-,31-29+,60-57-. The largest absolute Gasteiger partial charge is 0.472 e. The minimum atomic E-state index is -4.45. The van der Waals surface area contributed by atoms with Gasteiger partial charge in [-0.3, -0.25) is 18.6 Å². The molecule has 10 heteroatoms. The van der Waals surface area contributed by atoms with Crippen molar-refractivity contribution in [2.24, 2.45) is 0 Å². The Kier molecular flexibility index (Phi) is 57.6. The van der Waals surface area contributed by atoms with Crippen LogP contribution in [0.25, 0.3) is 0 Å². The Balaban J connectivity index is 5.15. The number of phosphoric acid groups is 1. The van der Waals surface area contributed by atoms with Crippen molar-refractivity contribution in [3.63, 3.8) is 0 Å². The van der Waals surface area contributed by atoms with Crippen LogP contribution in [0, 0.1) is 0 Å². The summed E-state index contributed by atoms with van der Waals surface area (Å²) in [7, 11) is 1.50. The number of rotatable bonds is 62. The summed E-state index contributed by atoms with van der Waals surface area (Å²) in [6.45, 7) is 7.02. The summed E-state index contributed by atoms with van der Waals surface area (Å²) in [4.78, 5) is 37.8. The number of nitrogens with one attached hydrogen (secondary N) is 1. The first-order valence-corrected chi connectivity index (χ1v) is 35.5. The zero-order valence-corrected chi connectivity index (χ0v) is 54.0. The Labute approximate surface area is 490 Å². The predicted octanol–water partition coefficient (Wildman–Crippen LogP) is 21.2. The number of hydrogen-bond acceptors (Lipinski definition) is 6. The average molecular weight is 1130 g/mol. The maximum atomic E-state index is 13.6. The number of ether oxygens (including phenoxy) is 1. The molecule has 0 rings (SSSR count). The van der Waals surface area contributed by atoms with Crippen molar-refractivity contribution in [1.29, 1.82) is 0 Å². The van der Waals surface area contributed by atoms with Gasteiger partial charge in [0.15, 0.2) is 0 Å². The van der Waals surface area contributed by atoms with Crippen LogP contribution < -0.4 is 5.32 Å². The molecule has 0 aliphatic heterocycles. The number of unbranched alkanes of at least 4 members (excludes halogenated alkanes) is 40. The molecule has 0 fully saturated rings. The molecule has 0 aromatic rings. The van der Waals surface area contributed by atoms with Crippen LogP contribution in [0.1, 0.15) is 329 Å². The third-order valence-electron chi connectivity index (χ3n) is 15.2. The van der Waals surface area contributed by atoms with Gasteiger partial charge in [-0.05, 0) is 89.5 Å². The highest BCUT2D eigenvalue weighted by molar-refractivity contribution is 7.47. The number of amides is 1. The van der Waals surface area contributed by atoms with Gasteiger partial charge in [-0.15, -0.1) is 0 Å². The highest BCUT2D eigenvalue weighted by Crippen LogP contribution is 2.43. The van der Waals surface area contributed by atoms with E-state index in [2.05, 4.69) is 62.5 Å². The van der Waals surface area contributed by atoms with Gasteiger partial charge in [-0.25, -0.2) is 4.57 Å². The van der Waals surface area contributed by atoms with Crippen LogP contribution in [0.2, 0.25) is 0 Å². The monoisotopic (exact) mass is 1130 g/mol. The SMILES string of the molecule is CCCCC/C=C\C/C=C\CCCCCCCCCCCCCCCC(=O)NC(COP(=O)(O)OCC[N+](C)(C)C)C(/C=C\CCCCCCCCCCCCC)OC(=O)CCCCCCCCC/C=C/CCCCCCCC. The maximum absolute atomic E-state index is 13.6. The van der Waals surface area contributed by atoms with Crippen molar-refractivity contribution in [2.75, 3.05) is 40.9 Å². The second-order valence-electron chi connectivity index (χ2n) is 24.3. The fourth-order valence-electron chi connectivity index (χ4n) is 9.97. The Morgan fingerprint density at radius 3 is 1.18 bits per heavy atom. The second kappa shape index (κ2) is 59.1. The van der Waals surface area contributed by atoms with Gasteiger partial charge in [0, 0.05) is 12.8 Å². The van der Waals surface area contributed by atoms with E-state index in [1.54, 1.807) is 0 Å². The summed E-state index contributed by atoms with van der Waals surface area (Å²) in [6.07, 6.45) is 73.9. The molecule has 3 atom stereocenters. The summed E-state index contributed by atoms with van der Waals surface area (Å²) >= 11 is 0. The van der Waals surface area contributed by atoms with Crippen molar-refractivity contribution in [3.8, 4) is 0 Å². The van der Waals surface area contributed by atoms with E-state index in [0.717, 1.165) is 64.2 Å². The van der Waals surface area contributed by atoms with Gasteiger partial charge in [-0.2, -0.15) is 0 Å². The number of esters is 1. The molecule has 79 heavy (non-hydrogen) atoms. The van der Waals surface area contributed by atoms with Gasteiger partial charge in [0.25, 0.3) is 0 Å². The Morgan fingerprint density at radius 1 is 0.443 bits per heavy atom. The highest BCUT2D eigenvalue weighted by Gasteiger charge is 2.30. The lowest BCUT2D eigenvalue weighted by atomic mass is 10.0. The van der Waals surface area contributed by atoms with E-state index in [9.17, 15) is 19.0 Å². The topological polar surface area (TPSA) is 111 Å². The lowest BCUT2D eigenvalue weighted by Gasteiger charge is -2.27. The lowest BCUT2D eigenvalue weighted by Crippen LogP contribution is -2.47. The Bertz CT molecular complexity index is 1490. The van der Waals surface area contributed by atoms with Crippen molar-refractivity contribution in [2.45, 2.75) is 341 Å². The van der Waals surface area contributed by atoms with Crippen molar-refractivity contribution < 1.29 is 37.3 Å². The van der Waals surface area contributed by atoms with Gasteiger partial charge in [0.2, 0.25) is 5.91 Å². The summed E-state index contributed by atoms with van der Waals surface area (Å²) < 4.78 is 30.8. The van der Waals surface area contributed by atoms with Crippen LogP contribution >= 0.6 is 7.82 Å². The molecule has 0 aromatic heterocycles. The zero-order valence-electron chi connectivity index (χ0n) is 53.1. The first-order valence-electron chi connectivity index (χ1n) is 34.0. The minimum absolute atomic E-state index is 0.0405. The maximum Gasteiger partial charge on any atom is 0.472 e. The molecule has 0 radical (unpaired) electrons. The van der Waals surface area contributed by atoms with E-state index in [-0.39, 0.29) is 31.5 Å². The zero-order chi connectivity index (χ0) is 57.9. The van der Waals surface area contributed by atoms with Crippen molar-refractivity contribution in [1.82, 2.24) is 5.32 Å². The number of likely N-dealkylation sites (N-methyl/N-ethyl adjacent to an activating group) is 1. The van der Waals surface area contributed by atoms with E-state index >= 15 is 0 Å². The van der Waals surface area contributed by atoms with Crippen molar-refractivity contribution >= 4 is 19.7 Å². The van der Waals surface area contributed by atoms with E-state index in [1.165, 1.54) is 231 Å². The minimum Gasteiger partial charge on any atom is -0.456 e. The average Bonchev–Trinajstić information content (AvgIpc) is 3.41. The highest BCUT2D eigenvalue weighted by atomic mass is 31.2. The predicted molar refractivity (Wildman–Crippen MR) is 342 cm³/mol. The molecular weight excluding hydrogens is 1000 g/mol. The molecule has 3 unspecified atom stereocenters. The summed E-state index contributed by atoms with van der Waals surface area (Å²) in [5.41, 5.74) is 0. The normalized spacial score (nSPS) is 13.9. The third-order valence-corrected chi connectivity index (χ3v) is 16.2. The lowest BCUT2D eigenvalue weighted by molar-refractivity contribution is -0.870. The van der Waals surface area contributed by atoms with Crippen molar-refractivity contribution in [3.05, 3.63) is 48.6 Å². The molecule has 0 bridgehead atoms. The molecule has 0 aromatic carbocycles. The first kappa shape index (κ1) is 77.0. The number of hydrogen-bond donors (Lipinski definition) is 2. The van der Waals surface area contributed by atoms with E-state index in [1.807, 2.05) is 33.3 Å². The molecular formula is C69H132N2O7P+. The molecule has 1 amide bonds. The summed E-state index contributed by atoms with van der Waals surface area (Å²) in [5, 5.41) is 3.07. The first-order chi connectivity index (χ1) is 38.4. The number of carbonyl (C=O) groups is 2. The smallest absolute Gasteiger partial charge is 0.456 e. The van der Waals surface area contributed by atoms with Crippen LogP contribution in [0.5, 0.6) is 0 Å².